The molecule has 1 aliphatic heterocycles. The Balaban J connectivity index is 2.76. The SMILES string of the molecule is CC(C)C(N)C1OC(SCC(F)(F)F)C(O)C(O)C1O. The number of hydrogen-bond donors (Lipinski definition) is 4. The van der Waals surface area contributed by atoms with E-state index in [1.165, 1.54) is 0 Å². The Hall–Kier alpha value is -0.0600. The first kappa shape index (κ1) is 18.0. The summed E-state index contributed by atoms with van der Waals surface area (Å²) in [5.41, 5.74) is 4.54. The predicted octanol–water partition coefficient (Wildman–Crippen LogP) is 0.0728. The first-order valence-corrected chi connectivity index (χ1v) is 7.23. The summed E-state index contributed by atoms with van der Waals surface area (Å²) in [6.07, 6.45) is -10.1. The normalized spacial score (nSPS) is 37.2. The maximum Gasteiger partial charge on any atom is 0.397 e. The maximum absolute atomic E-state index is 12.2. The number of hydrogen-bond acceptors (Lipinski definition) is 6. The molecular formula is C11H20F3NO4S. The van der Waals surface area contributed by atoms with E-state index in [0.29, 0.717) is 11.8 Å². The summed E-state index contributed by atoms with van der Waals surface area (Å²) < 4.78 is 41.9. The molecule has 120 valence electrons. The zero-order valence-corrected chi connectivity index (χ0v) is 11.9. The number of rotatable bonds is 4. The molecule has 1 aliphatic rings. The molecule has 1 heterocycles. The van der Waals surface area contributed by atoms with Gasteiger partial charge in [-0.15, -0.1) is 11.8 Å². The number of ether oxygens (including phenoxy) is 1. The molecule has 6 atom stereocenters. The van der Waals surface area contributed by atoms with Gasteiger partial charge in [0.1, 0.15) is 29.9 Å². The van der Waals surface area contributed by atoms with Crippen molar-refractivity contribution >= 4 is 11.8 Å². The van der Waals surface area contributed by atoms with Crippen LogP contribution in [0.2, 0.25) is 0 Å². The standard InChI is InChI=1S/C11H20F3NO4S/c1-4(2)5(15)9-7(17)6(16)8(18)10(19-9)20-3-11(12,13)14/h4-10,16-18H,3,15H2,1-2H3. The van der Waals surface area contributed by atoms with Crippen LogP contribution in [0, 0.1) is 5.92 Å². The minimum atomic E-state index is -4.41. The van der Waals surface area contributed by atoms with Crippen molar-refractivity contribution in [2.45, 2.75) is 55.9 Å². The van der Waals surface area contributed by atoms with Crippen molar-refractivity contribution < 1.29 is 33.2 Å². The molecule has 0 radical (unpaired) electrons. The monoisotopic (exact) mass is 319 g/mol. The van der Waals surface area contributed by atoms with E-state index in [-0.39, 0.29) is 5.92 Å². The number of nitrogens with two attached hydrogens (primary N) is 1. The highest BCUT2D eigenvalue weighted by molar-refractivity contribution is 7.99. The highest BCUT2D eigenvalue weighted by Crippen LogP contribution is 2.33. The third kappa shape index (κ3) is 4.47. The summed E-state index contributed by atoms with van der Waals surface area (Å²) in [6, 6.07) is -0.666. The van der Waals surface area contributed by atoms with E-state index in [1.54, 1.807) is 13.8 Å². The van der Waals surface area contributed by atoms with Crippen LogP contribution in [0.25, 0.3) is 0 Å². The van der Waals surface area contributed by atoms with Crippen LogP contribution in [0.4, 0.5) is 13.2 Å². The molecule has 0 aliphatic carbocycles. The van der Waals surface area contributed by atoms with Gasteiger partial charge < -0.3 is 25.8 Å². The van der Waals surface area contributed by atoms with Gasteiger partial charge in [0, 0.05) is 6.04 Å². The van der Waals surface area contributed by atoms with E-state index < -0.39 is 47.8 Å². The summed E-state index contributed by atoms with van der Waals surface area (Å²) >= 11 is 0.327. The van der Waals surface area contributed by atoms with E-state index in [0.717, 1.165) is 0 Å². The lowest BCUT2D eigenvalue weighted by Crippen LogP contribution is -2.62. The summed E-state index contributed by atoms with van der Waals surface area (Å²) in [5.74, 6) is -1.33. The van der Waals surface area contributed by atoms with Crippen LogP contribution in [0.15, 0.2) is 0 Å². The van der Waals surface area contributed by atoms with Gasteiger partial charge in [0.15, 0.2) is 0 Å². The van der Waals surface area contributed by atoms with Crippen LogP contribution in [0.1, 0.15) is 13.8 Å². The molecule has 0 aromatic heterocycles. The Morgan fingerprint density at radius 3 is 2.15 bits per heavy atom. The minimum Gasteiger partial charge on any atom is -0.388 e. The van der Waals surface area contributed by atoms with E-state index in [1.807, 2.05) is 0 Å². The molecule has 5 N–H and O–H groups in total. The van der Waals surface area contributed by atoms with Gasteiger partial charge in [-0.05, 0) is 5.92 Å². The van der Waals surface area contributed by atoms with Crippen LogP contribution in [-0.2, 0) is 4.74 Å². The van der Waals surface area contributed by atoms with E-state index in [2.05, 4.69) is 0 Å². The van der Waals surface area contributed by atoms with E-state index in [4.69, 9.17) is 10.5 Å². The quantitative estimate of drug-likeness (QED) is 0.586. The molecule has 0 amide bonds. The van der Waals surface area contributed by atoms with Crippen molar-refractivity contribution in [1.82, 2.24) is 0 Å². The summed E-state index contributed by atoms with van der Waals surface area (Å²) in [7, 11) is 0. The van der Waals surface area contributed by atoms with Crippen LogP contribution in [0.3, 0.4) is 0 Å². The zero-order chi connectivity index (χ0) is 15.7. The molecule has 5 nitrogen and oxygen atoms in total. The highest BCUT2D eigenvalue weighted by Gasteiger charge is 2.47. The lowest BCUT2D eigenvalue weighted by atomic mass is 9.90. The molecule has 1 rings (SSSR count). The molecule has 1 saturated heterocycles. The van der Waals surface area contributed by atoms with Crippen LogP contribution >= 0.6 is 11.8 Å². The maximum atomic E-state index is 12.2. The van der Waals surface area contributed by atoms with Crippen molar-refractivity contribution in [1.29, 1.82) is 0 Å². The number of halogens is 3. The Labute approximate surface area is 119 Å². The molecule has 0 spiro atoms. The van der Waals surface area contributed by atoms with Gasteiger partial charge in [-0.25, -0.2) is 0 Å². The Morgan fingerprint density at radius 1 is 1.15 bits per heavy atom. The molecular weight excluding hydrogens is 299 g/mol. The molecule has 0 aromatic rings. The predicted molar refractivity (Wildman–Crippen MR) is 68.0 cm³/mol. The van der Waals surface area contributed by atoms with Crippen molar-refractivity contribution in [2.75, 3.05) is 5.75 Å². The molecule has 0 aromatic carbocycles. The van der Waals surface area contributed by atoms with E-state index in [9.17, 15) is 28.5 Å². The second kappa shape index (κ2) is 6.80. The van der Waals surface area contributed by atoms with Gasteiger partial charge in [0.05, 0.1) is 5.75 Å². The second-order valence-corrected chi connectivity index (χ2v) is 6.28. The Bertz CT molecular complexity index is 319. The summed E-state index contributed by atoms with van der Waals surface area (Å²) in [6.45, 7) is 3.52. The lowest BCUT2D eigenvalue weighted by molar-refractivity contribution is -0.205. The second-order valence-electron chi connectivity index (χ2n) is 5.19. The van der Waals surface area contributed by atoms with Crippen molar-refractivity contribution in [3.05, 3.63) is 0 Å². The fraction of sp³-hybridized carbons (Fsp3) is 1.00. The van der Waals surface area contributed by atoms with Gasteiger partial charge in [0.25, 0.3) is 0 Å². The van der Waals surface area contributed by atoms with Gasteiger partial charge in [0.2, 0.25) is 0 Å². The fourth-order valence-electron chi connectivity index (χ4n) is 1.89. The Kier molecular flexibility index (Phi) is 6.12. The topological polar surface area (TPSA) is 95.9 Å². The van der Waals surface area contributed by atoms with Crippen LogP contribution in [0.5, 0.6) is 0 Å². The third-order valence-corrected chi connectivity index (χ3v) is 4.38. The van der Waals surface area contributed by atoms with Crippen molar-refractivity contribution in [2.24, 2.45) is 11.7 Å². The third-order valence-electron chi connectivity index (χ3n) is 3.17. The molecule has 1 fully saturated rings. The van der Waals surface area contributed by atoms with Gasteiger partial charge >= 0.3 is 6.18 Å². The average molecular weight is 319 g/mol. The first-order chi connectivity index (χ1) is 9.04. The van der Waals surface area contributed by atoms with Crippen LogP contribution < -0.4 is 5.73 Å². The largest absolute Gasteiger partial charge is 0.397 e. The average Bonchev–Trinajstić information content (AvgIpc) is 2.33. The molecule has 6 unspecified atom stereocenters. The summed E-state index contributed by atoms with van der Waals surface area (Å²) in [4.78, 5) is 0. The fourth-order valence-corrected chi connectivity index (χ4v) is 2.80. The Morgan fingerprint density at radius 2 is 1.70 bits per heavy atom. The van der Waals surface area contributed by atoms with Gasteiger partial charge in [-0.3, -0.25) is 0 Å². The van der Waals surface area contributed by atoms with Crippen molar-refractivity contribution in [3.63, 3.8) is 0 Å². The van der Waals surface area contributed by atoms with Crippen molar-refractivity contribution in [3.8, 4) is 0 Å². The highest BCUT2D eigenvalue weighted by atomic mass is 32.2. The van der Waals surface area contributed by atoms with Crippen LogP contribution in [-0.4, -0.2) is 63.1 Å². The molecule has 0 saturated carbocycles. The number of aliphatic hydroxyl groups excluding tert-OH is 3. The smallest absolute Gasteiger partial charge is 0.388 e. The van der Waals surface area contributed by atoms with Gasteiger partial charge in [-0.1, -0.05) is 13.8 Å². The number of thioether (sulfide) groups is 1. The zero-order valence-electron chi connectivity index (χ0n) is 11.1. The lowest BCUT2D eigenvalue weighted by Gasteiger charge is -2.43. The summed E-state index contributed by atoms with van der Waals surface area (Å²) in [5, 5.41) is 29.2. The first-order valence-electron chi connectivity index (χ1n) is 6.18. The van der Waals surface area contributed by atoms with Gasteiger partial charge in [-0.2, -0.15) is 13.2 Å². The number of alkyl halides is 3. The molecule has 9 heteroatoms. The molecule has 0 bridgehead atoms. The molecule has 20 heavy (non-hydrogen) atoms. The minimum absolute atomic E-state index is 0.106. The van der Waals surface area contributed by atoms with E-state index >= 15 is 0 Å². The number of aliphatic hydroxyl groups is 3.